The molecule has 0 bridgehead atoms. The van der Waals surface area contributed by atoms with E-state index in [1.165, 1.54) is 24.8 Å². The zero-order valence-electron chi connectivity index (χ0n) is 12.0. The molecule has 1 aliphatic heterocycles. The molecule has 0 spiro atoms. The Morgan fingerprint density at radius 2 is 2.29 bits per heavy atom. The fourth-order valence-corrected chi connectivity index (χ4v) is 3.50. The molecule has 0 radical (unpaired) electrons. The molecule has 1 aromatic carbocycles. The number of nitrogens with zero attached hydrogens (tertiary/aromatic N) is 2. The third kappa shape index (κ3) is 3.61. The van der Waals surface area contributed by atoms with Crippen LogP contribution in [0, 0.1) is 0 Å². The first-order chi connectivity index (χ1) is 10.3. The Hall–Kier alpha value is -0.580. The van der Waals surface area contributed by atoms with Crippen molar-refractivity contribution in [3.63, 3.8) is 0 Å². The summed E-state index contributed by atoms with van der Waals surface area (Å²) in [7, 11) is 0. The summed E-state index contributed by atoms with van der Waals surface area (Å²) in [6.07, 6.45) is 5.93. The molecule has 2 aromatic rings. The molecule has 1 fully saturated rings. The smallest absolute Gasteiger partial charge is 0.111 e. The summed E-state index contributed by atoms with van der Waals surface area (Å²) in [5.41, 5.74) is 2.23. The zero-order chi connectivity index (χ0) is 14.7. The Kier molecular flexibility index (Phi) is 5.19. The van der Waals surface area contributed by atoms with Crippen molar-refractivity contribution in [3.05, 3.63) is 28.5 Å². The van der Waals surface area contributed by atoms with Crippen molar-refractivity contribution in [3.8, 4) is 0 Å². The zero-order valence-corrected chi connectivity index (χ0v) is 14.4. The van der Waals surface area contributed by atoms with Crippen LogP contribution in [0.25, 0.3) is 11.0 Å². The molecule has 3 rings (SSSR count). The maximum atomic E-state index is 5.93. The van der Waals surface area contributed by atoms with Crippen LogP contribution >= 0.6 is 27.5 Å². The van der Waals surface area contributed by atoms with Crippen molar-refractivity contribution < 1.29 is 4.74 Å². The lowest BCUT2D eigenvalue weighted by Crippen LogP contribution is -2.21. The highest BCUT2D eigenvalue weighted by atomic mass is 79.9. The van der Waals surface area contributed by atoms with Crippen LogP contribution in [0.1, 0.15) is 31.5 Å². The SMILES string of the molecule is ClCCc1nc2cc(Br)ccc2n1CCC1CCCCO1. The van der Waals surface area contributed by atoms with Gasteiger partial charge in [-0.3, -0.25) is 0 Å². The standard InChI is InChI=1S/C16H20BrClN2O/c17-12-4-5-15-14(11-12)19-16(6-8-18)20(15)9-7-13-3-1-2-10-21-13/h4-5,11,13H,1-3,6-10H2. The van der Waals surface area contributed by atoms with Crippen LogP contribution in [0.4, 0.5) is 0 Å². The maximum Gasteiger partial charge on any atom is 0.111 e. The molecule has 0 saturated carbocycles. The summed E-state index contributed by atoms with van der Waals surface area (Å²) in [6, 6.07) is 6.27. The number of aryl methyl sites for hydroxylation is 2. The van der Waals surface area contributed by atoms with Crippen molar-refractivity contribution >= 4 is 38.6 Å². The number of imidazole rings is 1. The monoisotopic (exact) mass is 370 g/mol. The molecule has 0 N–H and O–H groups in total. The summed E-state index contributed by atoms with van der Waals surface area (Å²) in [5, 5.41) is 0. The summed E-state index contributed by atoms with van der Waals surface area (Å²) in [4.78, 5) is 4.73. The Morgan fingerprint density at radius 3 is 3.05 bits per heavy atom. The summed E-state index contributed by atoms with van der Waals surface area (Å²) >= 11 is 9.44. The highest BCUT2D eigenvalue weighted by molar-refractivity contribution is 9.10. The van der Waals surface area contributed by atoms with Crippen LogP contribution in [0.3, 0.4) is 0 Å². The van der Waals surface area contributed by atoms with Gasteiger partial charge in [-0.15, -0.1) is 11.6 Å². The van der Waals surface area contributed by atoms with Gasteiger partial charge < -0.3 is 9.30 Å². The average Bonchev–Trinajstić information content (AvgIpc) is 2.83. The Morgan fingerprint density at radius 1 is 1.38 bits per heavy atom. The van der Waals surface area contributed by atoms with Gasteiger partial charge in [0.1, 0.15) is 5.82 Å². The molecule has 2 heterocycles. The van der Waals surface area contributed by atoms with Crippen LogP contribution < -0.4 is 0 Å². The second kappa shape index (κ2) is 7.12. The van der Waals surface area contributed by atoms with E-state index < -0.39 is 0 Å². The molecular formula is C16H20BrClN2O. The number of halogens is 2. The molecule has 5 heteroatoms. The van der Waals surface area contributed by atoms with Gasteiger partial charge in [0.05, 0.1) is 17.1 Å². The van der Waals surface area contributed by atoms with E-state index in [1.54, 1.807) is 0 Å². The van der Waals surface area contributed by atoms with Crippen LogP contribution in [0.15, 0.2) is 22.7 Å². The molecule has 1 saturated heterocycles. The van der Waals surface area contributed by atoms with E-state index in [9.17, 15) is 0 Å². The van der Waals surface area contributed by atoms with E-state index in [1.807, 2.05) is 0 Å². The average molecular weight is 372 g/mol. The van der Waals surface area contributed by atoms with Gasteiger partial charge in [0.15, 0.2) is 0 Å². The molecule has 1 aromatic heterocycles. The minimum Gasteiger partial charge on any atom is -0.378 e. The number of fused-ring (bicyclic) bond motifs is 1. The summed E-state index contributed by atoms with van der Waals surface area (Å²) in [5.74, 6) is 1.68. The lowest BCUT2D eigenvalue weighted by atomic mass is 10.1. The van der Waals surface area contributed by atoms with Crippen LogP contribution in [-0.2, 0) is 17.7 Å². The van der Waals surface area contributed by atoms with Crippen LogP contribution in [0.5, 0.6) is 0 Å². The Balaban J connectivity index is 1.82. The fraction of sp³-hybridized carbons (Fsp3) is 0.562. The minimum atomic E-state index is 0.399. The van der Waals surface area contributed by atoms with E-state index in [2.05, 4.69) is 38.7 Å². The van der Waals surface area contributed by atoms with E-state index in [4.69, 9.17) is 21.3 Å². The van der Waals surface area contributed by atoms with Gasteiger partial charge in [-0.2, -0.15) is 0 Å². The van der Waals surface area contributed by atoms with Gasteiger partial charge in [-0.1, -0.05) is 15.9 Å². The molecule has 21 heavy (non-hydrogen) atoms. The van der Waals surface area contributed by atoms with Gasteiger partial charge >= 0.3 is 0 Å². The highest BCUT2D eigenvalue weighted by Gasteiger charge is 2.16. The first-order valence-electron chi connectivity index (χ1n) is 7.60. The van der Waals surface area contributed by atoms with Gasteiger partial charge in [-0.25, -0.2) is 4.98 Å². The third-order valence-corrected chi connectivity index (χ3v) is 4.74. The quantitative estimate of drug-likeness (QED) is 0.722. The molecule has 114 valence electrons. The van der Waals surface area contributed by atoms with Crippen molar-refractivity contribution in [2.45, 2.75) is 44.8 Å². The number of hydrogen-bond donors (Lipinski definition) is 0. The largest absolute Gasteiger partial charge is 0.378 e. The number of aromatic nitrogens is 2. The van der Waals surface area contributed by atoms with Crippen molar-refractivity contribution in [1.29, 1.82) is 0 Å². The van der Waals surface area contributed by atoms with Gasteiger partial charge in [0.2, 0.25) is 0 Å². The third-order valence-electron chi connectivity index (χ3n) is 4.06. The summed E-state index contributed by atoms with van der Waals surface area (Å²) in [6.45, 7) is 1.87. The predicted octanol–water partition coefficient (Wildman–Crippen LogP) is 4.54. The van der Waals surface area contributed by atoms with Gasteiger partial charge in [-0.05, 0) is 43.9 Å². The molecule has 3 nitrogen and oxygen atoms in total. The predicted molar refractivity (Wildman–Crippen MR) is 90.1 cm³/mol. The minimum absolute atomic E-state index is 0.399. The number of benzene rings is 1. The van der Waals surface area contributed by atoms with Crippen molar-refractivity contribution in [2.24, 2.45) is 0 Å². The Labute approximate surface area is 138 Å². The lowest BCUT2D eigenvalue weighted by Gasteiger charge is -2.23. The molecule has 1 unspecified atom stereocenters. The first kappa shape index (κ1) is 15.3. The molecule has 1 aliphatic rings. The molecule has 0 aliphatic carbocycles. The van der Waals surface area contributed by atoms with Crippen LogP contribution in [0.2, 0.25) is 0 Å². The fourth-order valence-electron chi connectivity index (χ4n) is 2.99. The van der Waals surface area contributed by atoms with Crippen LogP contribution in [-0.4, -0.2) is 28.1 Å². The highest BCUT2D eigenvalue weighted by Crippen LogP contribution is 2.23. The van der Waals surface area contributed by atoms with E-state index >= 15 is 0 Å². The number of rotatable bonds is 5. The topological polar surface area (TPSA) is 27.1 Å². The van der Waals surface area contributed by atoms with Crippen molar-refractivity contribution in [1.82, 2.24) is 9.55 Å². The molecule has 1 atom stereocenters. The second-order valence-electron chi connectivity index (χ2n) is 5.53. The first-order valence-corrected chi connectivity index (χ1v) is 8.93. The van der Waals surface area contributed by atoms with E-state index in [0.717, 1.165) is 41.8 Å². The maximum absolute atomic E-state index is 5.93. The molecule has 0 amide bonds. The lowest BCUT2D eigenvalue weighted by molar-refractivity contribution is 0.00887. The number of alkyl halides is 1. The van der Waals surface area contributed by atoms with Gasteiger partial charge in [0.25, 0.3) is 0 Å². The summed E-state index contributed by atoms with van der Waals surface area (Å²) < 4.78 is 9.21. The molecular weight excluding hydrogens is 352 g/mol. The normalized spacial score (nSPS) is 19.2. The van der Waals surface area contributed by atoms with Crippen molar-refractivity contribution in [2.75, 3.05) is 12.5 Å². The Bertz CT molecular complexity index is 608. The van der Waals surface area contributed by atoms with E-state index in [-0.39, 0.29) is 0 Å². The van der Waals surface area contributed by atoms with Gasteiger partial charge in [0, 0.05) is 29.9 Å². The van der Waals surface area contributed by atoms with E-state index in [0.29, 0.717) is 12.0 Å². The number of hydrogen-bond acceptors (Lipinski definition) is 2. The second-order valence-corrected chi connectivity index (χ2v) is 6.82. The number of ether oxygens (including phenoxy) is 1.